The summed E-state index contributed by atoms with van der Waals surface area (Å²) in [5.41, 5.74) is 9.95. The second kappa shape index (κ2) is 6.05. The molecule has 0 radical (unpaired) electrons. The number of rotatable bonds is 2. The number of benzene rings is 2. The highest BCUT2D eigenvalue weighted by atomic mass is 35.5. The van der Waals surface area contributed by atoms with Gasteiger partial charge in [-0.1, -0.05) is 30.3 Å². The van der Waals surface area contributed by atoms with Crippen LogP contribution in [0.15, 0.2) is 48.5 Å². The summed E-state index contributed by atoms with van der Waals surface area (Å²) in [5, 5.41) is 0.709. The Labute approximate surface area is 140 Å². The normalized spacial score (nSPS) is 13.0. The van der Waals surface area contributed by atoms with E-state index in [4.69, 9.17) is 10.7 Å². The molecule has 5 heteroatoms. The maximum atomic E-state index is 13.4. The third kappa shape index (κ3) is 2.70. The van der Waals surface area contributed by atoms with Crippen LogP contribution in [0.5, 0.6) is 0 Å². The first kappa shape index (κ1) is 15.6. The van der Waals surface area contributed by atoms with Crippen LogP contribution in [0.4, 0.5) is 15.9 Å². The topological polar surface area (TPSA) is 42.1 Å². The molecule has 2 N–H and O–H groups in total. The van der Waals surface area contributed by atoms with Gasteiger partial charge in [0.15, 0.2) is 0 Å². The molecule has 0 saturated carbocycles. The van der Waals surface area contributed by atoms with Crippen LogP contribution in [-0.2, 0) is 13.0 Å². The van der Waals surface area contributed by atoms with E-state index in [1.54, 1.807) is 6.07 Å². The average Bonchev–Trinajstić information content (AvgIpc) is 2.93. The smallest absolute Gasteiger partial charge is 0.134 e. The van der Waals surface area contributed by atoms with Crippen LogP contribution >= 0.6 is 12.4 Å². The van der Waals surface area contributed by atoms with E-state index in [0.29, 0.717) is 11.1 Å². The number of nitrogen functional groups attached to an aromatic ring is 1. The number of hydrogen-bond donors (Lipinski definition) is 1. The van der Waals surface area contributed by atoms with Crippen LogP contribution < -0.4 is 10.6 Å². The number of nitrogens with zero attached hydrogens (tertiary/aromatic N) is 2. The number of aromatic nitrogens is 1. The highest BCUT2D eigenvalue weighted by Crippen LogP contribution is 2.36. The number of fused-ring (bicyclic) bond motifs is 2. The molecule has 0 amide bonds. The van der Waals surface area contributed by atoms with Gasteiger partial charge < -0.3 is 10.6 Å². The summed E-state index contributed by atoms with van der Waals surface area (Å²) >= 11 is 0. The quantitative estimate of drug-likeness (QED) is 0.774. The van der Waals surface area contributed by atoms with Crippen LogP contribution in [-0.4, -0.2) is 11.5 Å². The highest BCUT2D eigenvalue weighted by Gasteiger charge is 2.24. The van der Waals surface area contributed by atoms with Gasteiger partial charge in [0.05, 0.1) is 5.52 Å². The van der Waals surface area contributed by atoms with E-state index in [0.717, 1.165) is 36.4 Å². The van der Waals surface area contributed by atoms with Crippen LogP contribution in [0, 0.1) is 5.82 Å². The molecular formula is C18H17ClFN3. The fourth-order valence-electron chi connectivity index (χ4n) is 3.10. The summed E-state index contributed by atoms with van der Waals surface area (Å²) in [6.45, 7) is 1.70. The zero-order chi connectivity index (χ0) is 15.1. The van der Waals surface area contributed by atoms with Crippen LogP contribution in [0.1, 0.15) is 11.1 Å². The molecular weight excluding hydrogens is 313 g/mol. The van der Waals surface area contributed by atoms with Gasteiger partial charge >= 0.3 is 0 Å². The van der Waals surface area contributed by atoms with Gasteiger partial charge in [0.1, 0.15) is 11.6 Å². The van der Waals surface area contributed by atoms with Gasteiger partial charge in [-0.2, -0.15) is 0 Å². The Hall–Kier alpha value is -2.33. The van der Waals surface area contributed by atoms with Crippen LogP contribution in [0.25, 0.3) is 10.9 Å². The zero-order valence-electron chi connectivity index (χ0n) is 12.5. The second-order valence-electron chi connectivity index (χ2n) is 5.65. The van der Waals surface area contributed by atoms with Crippen molar-refractivity contribution in [1.82, 2.24) is 4.98 Å². The van der Waals surface area contributed by atoms with E-state index in [2.05, 4.69) is 17.0 Å². The van der Waals surface area contributed by atoms with E-state index < -0.39 is 0 Å². The molecule has 1 aliphatic rings. The summed E-state index contributed by atoms with van der Waals surface area (Å²) in [4.78, 5) is 6.95. The third-order valence-corrected chi connectivity index (χ3v) is 4.22. The monoisotopic (exact) mass is 329 g/mol. The summed E-state index contributed by atoms with van der Waals surface area (Å²) in [5.74, 6) is 0.653. The first-order valence-electron chi connectivity index (χ1n) is 7.39. The van der Waals surface area contributed by atoms with E-state index in [1.165, 1.54) is 17.7 Å². The molecule has 0 aliphatic carbocycles. The van der Waals surface area contributed by atoms with Gasteiger partial charge in [-0.3, -0.25) is 0 Å². The second-order valence-corrected chi connectivity index (χ2v) is 5.65. The lowest BCUT2D eigenvalue weighted by molar-refractivity contribution is 0.629. The average molecular weight is 330 g/mol. The Morgan fingerprint density at radius 2 is 1.91 bits per heavy atom. The van der Waals surface area contributed by atoms with Gasteiger partial charge in [-0.25, -0.2) is 9.37 Å². The Kier molecular flexibility index (Phi) is 4.09. The molecule has 0 saturated heterocycles. The number of nitrogens with two attached hydrogens (primary N) is 1. The van der Waals surface area contributed by atoms with Gasteiger partial charge in [-0.05, 0) is 30.2 Å². The van der Waals surface area contributed by atoms with Gasteiger partial charge in [0.2, 0.25) is 0 Å². The Morgan fingerprint density at radius 3 is 2.70 bits per heavy atom. The first-order chi connectivity index (χ1) is 10.7. The van der Waals surface area contributed by atoms with Gasteiger partial charge in [-0.15, -0.1) is 12.4 Å². The maximum absolute atomic E-state index is 13.4. The van der Waals surface area contributed by atoms with Crippen molar-refractivity contribution in [3.05, 3.63) is 65.5 Å². The Balaban J connectivity index is 0.00000156. The molecule has 4 rings (SSSR count). The lowest BCUT2D eigenvalue weighted by Crippen LogP contribution is -2.20. The summed E-state index contributed by atoms with van der Waals surface area (Å²) in [6, 6.07) is 14.9. The molecule has 2 heterocycles. The molecule has 0 fully saturated rings. The zero-order valence-corrected chi connectivity index (χ0v) is 13.3. The minimum atomic E-state index is -0.278. The number of pyridine rings is 1. The van der Waals surface area contributed by atoms with E-state index >= 15 is 0 Å². The minimum Gasteiger partial charge on any atom is -0.398 e. The molecule has 0 atom stereocenters. The lowest BCUT2D eigenvalue weighted by Gasteiger charge is -2.19. The Bertz CT molecular complexity index is 852. The van der Waals surface area contributed by atoms with Crippen molar-refractivity contribution in [1.29, 1.82) is 0 Å². The lowest BCUT2D eigenvalue weighted by atomic mass is 10.1. The SMILES string of the molecule is Cl.Nc1c2c(nc3ccc(F)cc13)N(Cc1ccccc1)CC2. The van der Waals surface area contributed by atoms with E-state index in [9.17, 15) is 4.39 Å². The van der Waals surface area contributed by atoms with E-state index in [-0.39, 0.29) is 18.2 Å². The molecule has 23 heavy (non-hydrogen) atoms. The number of halogens is 2. The number of anilines is 2. The molecule has 3 nitrogen and oxygen atoms in total. The van der Waals surface area contributed by atoms with Crippen molar-refractivity contribution in [2.24, 2.45) is 0 Å². The number of hydrogen-bond acceptors (Lipinski definition) is 3. The fourth-order valence-corrected chi connectivity index (χ4v) is 3.10. The predicted molar refractivity (Wildman–Crippen MR) is 94.6 cm³/mol. The summed E-state index contributed by atoms with van der Waals surface area (Å²) in [7, 11) is 0. The molecule has 0 spiro atoms. The van der Waals surface area contributed by atoms with Crippen molar-refractivity contribution in [2.45, 2.75) is 13.0 Å². The standard InChI is InChI=1S/C18H16FN3.ClH/c19-13-6-7-16-15(10-13)17(20)14-8-9-22(18(14)21-16)11-12-4-2-1-3-5-12;/h1-7,10H,8-9,11H2,(H2,20,21);1H. The van der Waals surface area contributed by atoms with Crippen molar-refractivity contribution >= 4 is 34.8 Å². The van der Waals surface area contributed by atoms with Crippen LogP contribution in [0.3, 0.4) is 0 Å². The van der Waals surface area contributed by atoms with E-state index in [1.807, 2.05) is 18.2 Å². The predicted octanol–water partition coefficient (Wildman–Crippen LogP) is 3.94. The first-order valence-corrected chi connectivity index (χ1v) is 7.39. The van der Waals surface area contributed by atoms with Crippen molar-refractivity contribution in [3.63, 3.8) is 0 Å². The molecule has 0 unspecified atom stereocenters. The summed E-state index contributed by atoms with van der Waals surface area (Å²) in [6.07, 6.45) is 0.855. The molecule has 118 valence electrons. The third-order valence-electron chi connectivity index (χ3n) is 4.22. The summed E-state index contributed by atoms with van der Waals surface area (Å²) < 4.78 is 13.4. The molecule has 3 aromatic rings. The van der Waals surface area contributed by atoms with Crippen molar-refractivity contribution in [3.8, 4) is 0 Å². The Morgan fingerprint density at radius 1 is 1.13 bits per heavy atom. The molecule has 1 aliphatic heterocycles. The van der Waals surface area contributed by atoms with Crippen molar-refractivity contribution in [2.75, 3.05) is 17.2 Å². The molecule has 0 bridgehead atoms. The highest BCUT2D eigenvalue weighted by molar-refractivity contribution is 5.95. The van der Waals surface area contributed by atoms with Crippen molar-refractivity contribution < 1.29 is 4.39 Å². The molecule has 1 aromatic heterocycles. The van der Waals surface area contributed by atoms with Gasteiger partial charge in [0.25, 0.3) is 0 Å². The minimum absolute atomic E-state index is 0. The largest absolute Gasteiger partial charge is 0.398 e. The maximum Gasteiger partial charge on any atom is 0.134 e. The molecule has 2 aromatic carbocycles. The van der Waals surface area contributed by atoms with Gasteiger partial charge in [0, 0.05) is 29.7 Å². The van der Waals surface area contributed by atoms with Crippen LogP contribution in [0.2, 0.25) is 0 Å². The fraction of sp³-hybridized carbons (Fsp3) is 0.167.